The number of benzene rings is 1. The molecule has 1 aromatic carbocycles. The van der Waals surface area contributed by atoms with Gasteiger partial charge in [-0.3, -0.25) is 4.68 Å². The van der Waals surface area contributed by atoms with Gasteiger partial charge < -0.3 is 5.73 Å². The number of rotatable bonds is 5. The van der Waals surface area contributed by atoms with Gasteiger partial charge in [0.2, 0.25) is 0 Å². The van der Waals surface area contributed by atoms with Crippen LogP contribution in [0.4, 0.5) is 4.39 Å². The Bertz CT molecular complexity index is 548. The van der Waals surface area contributed by atoms with E-state index in [2.05, 4.69) is 25.0 Å². The Morgan fingerprint density at radius 3 is 2.63 bits per heavy atom. The molecule has 0 saturated carbocycles. The van der Waals surface area contributed by atoms with E-state index >= 15 is 0 Å². The summed E-state index contributed by atoms with van der Waals surface area (Å²) in [5.74, 6) is -0.239. The first-order chi connectivity index (χ1) is 9.19. The highest BCUT2D eigenvalue weighted by Gasteiger charge is 2.17. The summed E-state index contributed by atoms with van der Waals surface area (Å²) in [5.41, 5.74) is 8.93. The third kappa shape index (κ3) is 2.84. The lowest BCUT2D eigenvalue weighted by Gasteiger charge is -2.18. The number of nitrogens with two attached hydrogens (primary N) is 1. The van der Waals surface area contributed by atoms with Crippen LogP contribution in [0.25, 0.3) is 0 Å². The number of aromatic nitrogens is 2. The Morgan fingerprint density at radius 1 is 1.26 bits per heavy atom. The first-order valence-corrected chi connectivity index (χ1v) is 6.72. The van der Waals surface area contributed by atoms with Crippen molar-refractivity contribution in [1.29, 1.82) is 0 Å². The monoisotopic (exact) mass is 261 g/mol. The SMILES string of the molecule is CCc1cc(CC)n(C(CN)c2cccc(F)c2)n1. The number of hydrogen-bond donors (Lipinski definition) is 1. The molecule has 0 aliphatic carbocycles. The maximum absolute atomic E-state index is 13.4. The van der Waals surface area contributed by atoms with Crippen molar-refractivity contribution < 1.29 is 4.39 Å². The van der Waals surface area contributed by atoms with Crippen LogP contribution in [0, 0.1) is 5.82 Å². The maximum atomic E-state index is 13.4. The molecular formula is C15H20FN3. The van der Waals surface area contributed by atoms with E-state index in [1.807, 2.05) is 10.7 Å². The molecule has 1 atom stereocenters. The van der Waals surface area contributed by atoms with Gasteiger partial charge in [-0.05, 0) is 36.6 Å². The highest BCUT2D eigenvalue weighted by molar-refractivity contribution is 5.23. The second-order valence-corrected chi connectivity index (χ2v) is 4.59. The molecule has 1 heterocycles. The molecule has 102 valence electrons. The van der Waals surface area contributed by atoms with Crippen LogP contribution in [0.2, 0.25) is 0 Å². The molecule has 0 aliphatic heterocycles. The summed E-state index contributed by atoms with van der Waals surface area (Å²) < 4.78 is 15.3. The highest BCUT2D eigenvalue weighted by Crippen LogP contribution is 2.21. The van der Waals surface area contributed by atoms with Crippen molar-refractivity contribution in [2.45, 2.75) is 32.7 Å². The van der Waals surface area contributed by atoms with Crippen LogP contribution in [0.5, 0.6) is 0 Å². The molecular weight excluding hydrogens is 241 g/mol. The van der Waals surface area contributed by atoms with Crippen molar-refractivity contribution in [2.24, 2.45) is 5.73 Å². The van der Waals surface area contributed by atoms with Crippen LogP contribution in [-0.4, -0.2) is 16.3 Å². The predicted octanol–water partition coefficient (Wildman–Crippen LogP) is 2.70. The standard InChI is InChI=1S/C15H20FN3/c1-3-13-9-14(4-2)19(18-13)15(10-17)11-6-5-7-12(16)8-11/h5-9,15H,3-4,10,17H2,1-2H3. The van der Waals surface area contributed by atoms with Crippen molar-refractivity contribution in [3.8, 4) is 0 Å². The molecule has 4 heteroatoms. The zero-order valence-corrected chi connectivity index (χ0v) is 11.4. The third-order valence-electron chi connectivity index (χ3n) is 3.34. The van der Waals surface area contributed by atoms with Crippen molar-refractivity contribution >= 4 is 0 Å². The summed E-state index contributed by atoms with van der Waals surface area (Å²) in [6, 6.07) is 8.58. The molecule has 3 nitrogen and oxygen atoms in total. The molecule has 0 bridgehead atoms. The molecule has 2 rings (SSSR count). The Labute approximate surface area is 113 Å². The molecule has 19 heavy (non-hydrogen) atoms. The zero-order valence-electron chi connectivity index (χ0n) is 11.4. The van der Waals surface area contributed by atoms with Gasteiger partial charge >= 0.3 is 0 Å². The molecule has 1 unspecified atom stereocenters. The van der Waals surface area contributed by atoms with Crippen molar-refractivity contribution in [3.05, 3.63) is 53.1 Å². The Balaban J connectivity index is 2.44. The van der Waals surface area contributed by atoms with Gasteiger partial charge in [0.15, 0.2) is 0 Å². The van der Waals surface area contributed by atoms with E-state index < -0.39 is 0 Å². The average Bonchev–Trinajstić information content (AvgIpc) is 2.83. The second-order valence-electron chi connectivity index (χ2n) is 4.59. The van der Waals surface area contributed by atoms with Crippen molar-refractivity contribution in [3.63, 3.8) is 0 Å². The topological polar surface area (TPSA) is 43.8 Å². The fraction of sp³-hybridized carbons (Fsp3) is 0.400. The molecule has 0 aliphatic rings. The Kier molecular flexibility index (Phi) is 4.32. The fourth-order valence-electron chi connectivity index (χ4n) is 2.29. The van der Waals surface area contributed by atoms with E-state index in [1.165, 1.54) is 12.1 Å². The van der Waals surface area contributed by atoms with E-state index in [9.17, 15) is 4.39 Å². The van der Waals surface area contributed by atoms with E-state index in [0.29, 0.717) is 6.54 Å². The van der Waals surface area contributed by atoms with Gasteiger partial charge in [-0.1, -0.05) is 26.0 Å². The lowest BCUT2D eigenvalue weighted by atomic mass is 10.1. The maximum Gasteiger partial charge on any atom is 0.123 e. The summed E-state index contributed by atoms with van der Waals surface area (Å²) in [6.07, 6.45) is 1.78. The fourth-order valence-corrected chi connectivity index (χ4v) is 2.29. The summed E-state index contributed by atoms with van der Waals surface area (Å²) in [5, 5.41) is 4.59. The van der Waals surface area contributed by atoms with Gasteiger partial charge in [-0.15, -0.1) is 0 Å². The van der Waals surface area contributed by atoms with E-state index in [-0.39, 0.29) is 11.9 Å². The van der Waals surface area contributed by atoms with Crippen LogP contribution in [0.15, 0.2) is 30.3 Å². The quantitative estimate of drug-likeness (QED) is 0.899. The van der Waals surface area contributed by atoms with Crippen LogP contribution in [0.1, 0.15) is 36.8 Å². The van der Waals surface area contributed by atoms with Gasteiger partial charge in [0.25, 0.3) is 0 Å². The molecule has 0 spiro atoms. The number of aryl methyl sites for hydroxylation is 2. The Morgan fingerprint density at radius 2 is 2.05 bits per heavy atom. The van der Waals surface area contributed by atoms with Gasteiger partial charge in [-0.2, -0.15) is 5.10 Å². The molecule has 0 saturated heterocycles. The van der Waals surface area contributed by atoms with Crippen LogP contribution >= 0.6 is 0 Å². The summed E-state index contributed by atoms with van der Waals surface area (Å²) in [7, 11) is 0. The molecule has 2 aromatic rings. The minimum Gasteiger partial charge on any atom is -0.328 e. The lowest BCUT2D eigenvalue weighted by molar-refractivity contribution is 0.504. The average molecular weight is 261 g/mol. The molecule has 1 aromatic heterocycles. The third-order valence-corrected chi connectivity index (χ3v) is 3.34. The van der Waals surface area contributed by atoms with E-state index in [4.69, 9.17) is 5.73 Å². The summed E-state index contributed by atoms with van der Waals surface area (Å²) in [4.78, 5) is 0. The van der Waals surface area contributed by atoms with E-state index in [1.54, 1.807) is 6.07 Å². The first kappa shape index (κ1) is 13.7. The van der Waals surface area contributed by atoms with Gasteiger partial charge in [0, 0.05) is 12.2 Å². The number of halogens is 1. The van der Waals surface area contributed by atoms with E-state index in [0.717, 1.165) is 29.8 Å². The summed E-state index contributed by atoms with van der Waals surface area (Å²) >= 11 is 0. The molecule has 0 radical (unpaired) electrons. The molecule has 0 amide bonds. The smallest absolute Gasteiger partial charge is 0.123 e. The molecule has 0 fully saturated rings. The van der Waals surface area contributed by atoms with Crippen molar-refractivity contribution in [2.75, 3.05) is 6.54 Å². The minimum absolute atomic E-state index is 0.106. The molecule has 2 N–H and O–H groups in total. The first-order valence-electron chi connectivity index (χ1n) is 6.72. The normalized spacial score (nSPS) is 12.6. The van der Waals surface area contributed by atoms with Crippen LogP contribution in [-0.2, 0) is 12.8 Å². The summed E-state index contributed by atoms with van der Waals surface area (Å²) in [6.45, 7) is 4.57. The minimum atomic E-state index is -0.239. The van der Waals surface area contributed by atoms with Gasteiger partial charge in [-0.25, -0.2) is 4.39 Å². The Hall–Kier alpha value is -1.68. The number of nitrogens with zero attached hydrogens (tertiary/aromatic N) is 2. The highest BCUT2D eigenvalue weighted by atomic mass is 19.1. The zero-order chi connectivity index (χ0) is 13.8. The van der Waals surface area contributed by atoms with Crippen LogP contribution in [0.3, 0.4) is 0 Å². The second kappa shape index (κ2) is 5.97. The van der Waals surface area contributed by atoms with Crippen molar-refractivity contribution in [1.82, 2.24) is 9.78 Å². The number of hydrogen-bond acceptors (Lipinski definition) is 2. The largest absolute Gasteiger partial charge is 0.328 e. The lowest BCUT2D eigenvalue weighted by Crippen LogP contribution is -2.23. The van der Waals surface area contributed by atoms with Gasteiger partial charge in [0.1, 0.15) is 5.82 Å². The van der Waals surface area contributed by atoms with Crippen LogP contribution < -0.4 is 5.73 Å². The predicted molar refractivity (Wildman–Crippen MR) is 74.6 cm³/mol. The van der Waals surface area contributed by atoms with Gasteiger partial charge in [0.05, 0.1) is 11.7 Å².